The van der Waals surface area contributed by atoms with Gasteiger partial charge in [-0.3, -0.25) is 10.1 Å². The van der Waals surface area contributed by atoms with Gasteiger partial charge in [-0.1, -0.05) is 11.6 Å². The number of rotatable bonds is 12. The Bertz CT molecular complexity index is 1320. The van der Waals surface area contributed by atoms with Gasteiger partial charge in [-0.2, -0.15) is 10.5 Å². The van der Waals surface area contributed by atoms with Gasteiger partial charge in [-0.15, -0.1) is 0 Å². The molecule has 42 heavy (non-hydrogen) atoms. The van der Waals surface area contributed by atoms with Gasteiger partial charge >= 0.3 is 0 Å². The summed E-state index contributed by atoms with van der Waals surface area (Å²) in [6, 6.07) is 13.6. The van der Waals surface area contributed by atoms with Crippen LogP contribution in [-0.2, 0) is 4.79 Å². The summed E-state index contributed by atoms with van der Waals surface area (Å²) < 4.78 is 11.9. The first-order chi connectivity index (χ1) is 20.3. The molecule has 1 amide bonds. The molecule has 1 saturated heterocycles. The number of nitrogens with zero attached hydrogens (tertiary/aromatic N) is 3. The molecule has 224 valence electrons. The topological polar surface area (TPSA) is 134 Å². The lowest BCUT2D eigenvalue weighted by molar-refractivity contribution is -0.116. The lowest BCUT2D eigenvalue weighted by Crippen LogP contribution is -2.44. The Morgan fingerprint density at radius 1 is 1.14 bits per heavy atom. The molecular weight excluding hydrogens is 554 g/mol. The second-order valence-electron chi connectivity index (χ2n) is 11.0. The van der Waals surface area contributed by atoms with Crippen LogP contribution in [0.15, 0.2) is 30.3 Å². The second-order valence-corrected chi connectivity index (χ2v) is 11.4. The number of nitrogens with one attached hydrogen (secondary N) is 4. The van der Waals surface area contributed by atoms with Crippen molar-refractivity contribution in [2.45, 2.75) is 57.2 Å². The zero-order chi connectivity index (χ0) is 30.1. The van der Waals surface area contributed by atoms with Gasteiger partial charge in [0.25, 0.3) is 0 Å². The Morgan fingerprint density at radius 2 is 1.98 bits per heavy atom. The van der Waals surface area contributed by atoms with Crippen molar-refractivity contribution in [1.82, 2.24) is 10.2 Å². The van der Waals surface area contributed by atoms with Gasteiger partial charge in [0.1, 0.15) is 18.1 Å². The predicted octanol–water partition coefficient (Wildman–Crippen LogP) is 5.15. The quantitative estimate of drug-likeness (QED) is 0.263. The zero-order valence-electron chi connectivity index (χ0n) is 24.5. The summed E-state index contributed by atoms with van der Waals surface area (Å²) in [4.78, 5) is 14.8. The molecule has 4 rings (SSSR count). The Kier molecular flexibility index (Phi) is 11.1. The van der Waals surface area contributed by atoms with Crippen LogP contribution in [0.5, 0.6) is 11.5 Å². The molecule has 0 aliphatic carbocycles. The number of hydrogen-bond donors (Lipinski definition) is 4. The highest BCUT2D eigenvalue weighted by atomic mass is 35.5. The fraction of sp³-hybridized carbons (Fsp3) is 0.516. The fourth-order valence-electron chi connectivity index (χ4n) is 5.33. The third-order valence-corrected chi connectivity index (χ3v) is 7.78. The molecule has 4 atom stereocenters. The molecule has 2 aromatic carbocycles. The molecule has 2 aromatic rings. The van der Waals surface area contributed by atoms with Gasteiger partial charge < -0.3 is 30.3 Å². The average Bonchev–Trinajstić information content (AvgIpc) is 2.97. The van der Waals surface area contributed by atoms with Crippen LogP contribution < -0.4 is 30.7 Å². The zero-order valence-corrected chi connectivity index (χ0v) is 25.3. The van der Waals surface area contributed by atoms with E-state index in [1.807, 2.05) is 50.2 Å². The van der Waals surface area contributed by atoms with E-state index < -0.39 is 0 Å². The summed E-state index contributed by atoms with van der Waals surface area (Å²) >= 11 is 6.61. The first-order valence-corrected chi connectivity index (χ1v) is 14.9. The van der Waals surface area contributed by atoms with Crippen molar-refractivity contribution in [2.75, 3.05) is 56.3 Å². The molecule has 0 saturated carbocycles. The van der Waals surface area contributed by atoms with Crippen molar-refractivity contribution in [3.8, 4) is 23.6 Å². The normalized spacial score (nSPS) is 21.3. The van der Waals surface area contributed by atoms with Crippen molar-refractivity contribution in [3.05, 3.63) is 40.9 Å². The van der Waals surface area contributed by atoms with Gasteiger partial charge in [0.15, 0.2) is 0 Å². The molecule has 0 bridgehead atoms. The summed E-state index contributed by atoms with van der Waals surface area (Å²) in [5.41, 5.74) is 3.02. The second kappa shape index (κ2) is 15.0. The molecule has 11 heteroatoms. The van der Waals surface area contributed by atoms with Crippen LogP contribution >= 0.6 is 11.6 Å². The van der Waals surface area contributed by atoms with Crippen molar-refractivity contribution >= 4 is 34.6 Å². The maximum absolute atomic E-state index is 12.8. The minimum absolute atomic E-state index is 0.0863. The van der Waals surface area contributed by atoms with E-state index in [1.54, 1.807) is 6.07 Å². The molecule has 2 aliphatic heterocycles. The van der Waals surface area contributed by atoms with E-state index >= 15 is 0 Å². The number of amides is 1. The van der Waals surface area contributed by atoms with Crippen molar-refractivity contribution in [1.29, 1.82) is 10.5 Å². The van der Waals surface area contributed by atoms with Crippen LogP contribution in [0.25, 0.3) is 0 Å². The molecule has 0 radical (unpaired) electrons. The first kappa shape index (κ1) is 31.2. The van der Waals surface area contributed by atoms with Crippen LogP contribution in [0, 0.1) is 28.6 Å². The van der Waals surface area contributed by atoms with Crippen LogP contribution in [0.3, 0.4) is 0 Å². The number of fused-ring (bicyclic) bond motifs is 1. The molecule has 4 N–H and O–H groups in total. The number of carbonyl (C=O) groups is 1. The molecule has 1 fully saturated rings. The smallest absolute Gasteiger partial charge is 0.224 e. The van der Waals surface area contributed by atoms with E-state index in [9.17, 15) is 15.3 Å². The van der Waals surface area contributed by atoms with Crippen LogP contribution in [0.2, 0.25) is 5.02 Å². The van der Waals surface area contributed by atoms with E-state index in [0.717, 1.165) is 49.2 Å². The number of piperidine rings is 1. The summed E-state index contributed by atoms with van der Waals surface area (Å²) in [6.45, 7) is 4.05. The molecule has 0 spiro atoms. The number of hydrogen-bond acceptors (Lipinski definition) is 9. The number of nitriles is 2. The summed E-state index contributed by atoms with van der Waals surface area (Å²) in [6.07, 6.45) is 3.93. The SMILES string of the molecule is CCOc1cc2c(cc1NC(=O)CCCN(C)C)C(Nc1ccc(OCC3CCCC(C#N)N3)c(Cl)c1)C(C#N)CN2. The van der Waals surface area contributed by atoms with E-state index in [4.69, 9.17) is 21.1 Å². The highest BCUT2D eigenvalue weighted by Gasteiger charge is 2.31. The number of halogens is 1. The summed E-state index contributed by atoms with van der Waals surface area (Å²) in [7, 11) is 3.96. The van der Waals surface area contributed by atoms with Gasteiger partial charge in [-0.05, 0) is 77.5 Å². The van der Waals surface area contributed by atoms with Crippen molar-refractivity contribution in [2.24, 2.45) is 5.92 Å². The average molecular weight is 594 g/mol. The van der Waals surface area contributed by atoms with E-state index in [1.165, 1.54) is 0 Å². The van der Waals surface area contributed by atoms with Crippen LogP contribution in [-0.4, -0.2) is 63.3 Å². The van der Waals surface area contributed by atoms with Crippen molar-refractivity contribution in [3.63, 3.8) is 0 Å². The highest BCUT2D eigenvalue weighted by molar-refractivity contribution is 6.32. The monoisotopic (exact) mass is 593 g/mol. The third-order valence-electron chi connectivity index (χ3n) is 7.48. The molecule has 2 aliphatic rings. The molecule has 2 heterocycles. The Balaban J connectivity index is 1.51. The van der Waals surface area contributed by atoms with Gasteiger partial charge in [0, 0.05) is 42.0 Å². The third kappa shape index (κ3) is 8.19. The molecule has 0 aromatic heterocycles. The van der Waals surface area contributed by atoms with Gasteiger partial charge in [0.05, 0.1) is 47.5 Å². The van der Waals surface area contributed by atoms with Gasteiger partial charge in [0.2, 0.25) is 5.91 Å². The highest BCUT2D eigenvalue weighted by Crippen LogP contribution is 2.42. The molecule has 4 unspecified atom stereocenters. The number of ether oxygens (including phenoxy) is 2. The fourth-order valence-corrected chi connectivity index (χ4v) is 5.57. The van der Waals surface area contributed by atoms with Crippen LogP contribution in [0.1, 0.15) is 50.6 Å². The Hall–Kier alpha value is -3.70. The van der Waals surface area contributed by atoms with Crippen molar-refractivity contribution < 1.29 is 14.3 Å². The lowest BCUT2D eigenvalue weighted by atomic mass is 9.88. The maximum atomic E-state index is 12.8. The largest absolute Gasteiger partial charge is 0.492 e. The first-order valence-electron chi connectivity index (χ1n) is 14.5. The lowest BCUT2D eigenvalue weighted by Gasteiger charge is -2.33. The van der Waals surface area contributed by atoms with E-state index in [2.05, 4.69) is 33.4 Å². The predicted molar refractivity (Wildman–Crippen MR) is 165 cm³/mol. The number of carbonyl (C=O) groups excluding carboxylic acids is 1. The number of anilines is 3. The van der Waals surface area contributed by atoms with Gasteiger partial charge in [-0.25, -0.2) is 0 Å². The summed E-state index contributed by atoms with van der Waals surface area (Å²) in [5, 5.41) is 32.8. The Labute approximate surface area is 253 Å². The van der Waals surface area contributed by atoms with Crippen LogP contribution in [0.4, 0.5) is 17.1 Å². The maximum Gasteiger partial charge on any atom is 0.224 e. The van der Waals surface area contributed by atoms with E-state index in [0.29, 0.717) is 48.4 Å². The minimum atomic E-state index is -0.376. The standard InChI is InChI=1S/C31H40ClN7O3/c1-4-41-29-15-26-24(14-27(29)38-30(40)9-6-12-39(2)3)31(20(16-33)18-35-26)37-21-10-11-28(25(32)13-21)42-19-23-8-5-7-22(17-34)36-23/h10-11,13-15,20,22-23,31,35-37H,4-9,12,18-19H2,1-3H3,(H,38,40). The number of benzene rings is 2. The Morgan fingerprint density at radius 3 is 2.69 bits per heavy atom. The summed E-state index contributed by atoms with van der Waals surface area (Å²) in [5.74, 6) is 0.680. The molecule has 10 nitrogen and oxygen atoms in total. The molecular formula is C31H40ClN7O3. The minimum Gasteiger partial charge on any atom is -0.492 e. The van der Waals surface area contributed by atoms with E-state index in [-0.39, 0.29) is 30.0 Å².